The Kier molecular flexibility index (Phi) is 8.90. The van der Waals surface area contributed by atoms with Crippen LogP contribution in [0.25, 0.3) is 0 Å². The number of unbranched alkanes of at least 4 members (excludes halogenated alkanes) is 1. The smallest absolute Gasteiger partial charge is 0.0610 e. The van der Waals surface area contributed by atoms with Crippen molar-refractivity contribution in [2.75, 3.05) is 33.3 Å². The summed E-state index contributed by atoms with van der Waals surface area (Å²) < 4.78 is 0. The number of aliphatic hydroxyl groups excluding tert-OH is 1. The van der Waals surface area contributed by atoms with Gasteiger partial charge in [-0.1, -0.05) is 20.3 Å². The first-order chi connectivity index (χ1) is 7.61. The third-order valence-electron chi connectivity index (χ3n) is 3.39. The van der Waals surface area contributed by atoms with Crippen LogP contribution in [-0.2, 0) is 0 Å². The van der Waals surface area contributed by atoms with Gasteiger partial charge in [-0.3, -0.25) is 0 Å². The number of hydrogen-bond acceptors (Lipinski definition) is 3. The van der Waals surface area contributed by atoms with Crippen molar-refractivity contribution < 1.29 is 5.11 Å². The van der Waals surface area contributed by atoms with Gasteiger partial charge >= 0.3 is 0 Å². The summed E-state index contributed by atoms with van der Waals surface area (Å²) in [7, 11) is 1.92. The summed E-state index contributed by atoms with van der Waals surface area (Å²) in [5.74, 6) is 0. The number of hydrogen-bond donors (Lipinski definition) is 2. The van der Waals surface area contributed by atoms with Crippen LogP contribution in [0.2, 0.25) is 0 Å². The van der Waals surface area contributed by atoms with E-state index in [0.717, 1.165) is 13.0 Å². The van der Waals surface area contributed by atoms with Gasteiger partial charge < -0.3 is 15.3 Å². The van der Waals surface area contributed by atoms with Crippen LogP contribution >= 0.6 is 0 Å². The third-order valence-corrected chi connectivity index (χ3v) is 3.39. The molecule has 0 bridgehead atoms. The minimum absolute atomic E-state index is 0.0954. The fraction of sp³-hybridized carbons (Fsp3) is 1.00. The Morgan fingerprint density at radius 1 is 1.19 bits per heavy atom. The fourth-order valence-corrected chi connectivity index (χ4v) is 1.88. The van der Waals surface area contributed by atoms with Gasteiger partial charge in [-0.15, -0.1) is 0 Å². The van der Waals surface area contributed by atoms with E-state index in [1.54, 1.807) is 0 Å². The lowest BCUT2D eigenvalue weighted by atomic mass is 9.96. The molecule has 0 aromatic rings. The topological polar surface area (TPSA) is 35.5 Å². The molecule has 3 heteroatoms. The van der Waals surface area contributed by atoms with E-state index in [4.69, 9.17) is 0 Å². The molecule has 1 unspecified atom stereocenters. The Labute approximate surface area is 101 Å². The monoisotopic (exact) mass is 230 g/mol. The molecule has 98 valence electrons. The molecule has 0 amide bonds. The van der Waals surface area contributed by atoms with Crippen LogP contribution in [0.15, 0.2) is 0 Å². The molecule has 0 fully saturated rings. The molecular weight excluding hydrogens is 200 g/mol. The Bertz CT molecular complexity index is 158. The normalized spacial score (nSPS) is 15.4. The lowest BCUT2D eigenvalue weighted by Crippen LogP contribution is -2.43. The Balaban J connectivity index is 3.65. The first-order valence-electron chi connectivity index (χ1n) is 6.64. The van der Waals surface area contributed by atoms with E-state index in [1.807, 2.05) is 7.05 Å². The lowest BCUT2D eigenvalue weighted by molar-refractivity contribution is 0.168. The highest BCUT2D eigenvalue weighted by Crippen LogP contribution is 2.12. The van der Waals surface area contributed by atoms with Crippen molar-refractivity contribution in [3.8, 4) is 0 Å². The summed E-state index contributed by atoms with van der Waals surface area (Å²) in [6.45, 7) is 10.3. The number of likely N-dealkylation sites (N-methyl/N-ethyl adjacent to an activating group) is 1. The number of nitrogens with zero attached hydrogens (tertiary/aromatic N) is 1. The lowest BCUT2D eigenvalue weighted by Gasteiger charge is -2.27. The van der Waals surface area contributed by atoms with E-state index in [0.29, 0.717) is 0 Å². The summed E-state index contributed by atoms with van der Waals surface area (Å²) in [5, 5.41) is 12.4. The molecule has 0 radical (unpaired) electrons. The molecule has 0 saturated heterocycles. The van der Waals surface area contributed by atoms with Gasteiger partial charge in [0.05, 0.1) is 6.61 Å². The summed E-state index contributed by atoms with van der Waals surface area (Å²) in [6, 6.07) is 0. The molecule has 0 aromatic heterocycles. The van der Waals surface area contributed by atoms with Gasteiger partial charge in [-0.2, -0.15) is 0 Å². The Morgan fingerprint density at radius 2 is 1.88 bits per heavy atom. The fourth-order valence-electron chi connectivity index (χ4n) is 1.88. The van der Waals surface area contributed by atoms with Crippen molar-refractivity contribution in [1.29, 1.82) is 0 Å². The summed E-state index contributed by atoms with van der Waals surface area (Å²) in [6.07, 6.45) is 4.69. The van der Waals surface area contributed by atoms with E-state index in [-0.39, 0.29) is 12.1 Å². The predicted octanol–water partition coefficient (Wildman–Crippen LogP) is 1.86. The van der Waals surface area contributed by atoms with Crippen molar-refractivity contribution in [2.45, 2.75) is 52.0 Å². The largest absolute Gasteiger partial charge is 0.394 e. The SMILES string of the molecule is CCCN(CC)CCCCC(C)(CO)NC. The zero-order valence-corrected chi connectivity index (χ0v) is 11.6. The maximum absolute atomic E-state index is 9.25. The number of nitrogens with one attached hydrogen (secondary N) is 1. The molecule has 0 aromatic carbocycles. The van der Waals surface area contributed by atoms with Crippen molar-refractivity contribution in [1.82, 2.24) is 10.2 Å². The molecule has 1 atom stereocenters. The van der Waals surface area contributed by atoms with Crippen LogP contribution in [-0.4, -0.2) is 48.8 Å². The number of rotatable bonds is 10. The molecule has 0 rings (SSSR count). The molecular formula is C13H30N2O. The molecule has 0 aliphatic rings. The molecule has 0 aliphatic carbocycles. The van der Waals surface area contributed by atoms with Crippen LogP contribution in [0.5, 0.6) is 0 Å². The first kappa shape index (κ1) is 15.9. The van der Waals surface area contributed by atoms with Crippen LogP contribution in [0.3, 0.4) is 0 Å². The van der Waals surface area contributed by atoms with Crippen LogP contribution in [0, 0.1) is 0 Å². The van der Waals surface area contributed by atoms with E-state index >= 15 is 0 Å². The highest BCUT2D eigenvalue weighted by Gasteiger charge is 2.19. The van der Waals surface area contributed by atoms with Crippen LogP contribution in [0.4, 0.5) is 0 Å². The van der Waals surface area contributed by atoms with Gasteiger partial charge in [0, 0.05) is 5.54 Å². The van der Waals surface area contributed by atoms with Gasteiger partial charge in [0.2, 0.25) is 0 Å². The molecule has 0 saturated carbocycles. The summed E-state index contributed by atoms with van der Waals surface area (Å²) in [4.78, 5) is 2.50. The van der Waals surface area contributed by atoms with Crippen molar-refractivity contribution in [3.05, 3.63) is 0 Å². The van der Waals surface area contributed by atoms with E-state index in [2.05, 4.69) is 31.0 Å². The van der Waals surface area contributed by atoms with Gasteiger partial charge in [-0.25, -0.2) is 0 Å². The number of aliphatic hydroxyl groups is 1. The zero-order valence-electron chi connectivity index (χ0n) is 11.6. The average Bonchev–Trinajstić information content (AvgIpc) is 2.32. The minimum Gasteiger partial charge on any atom is -0.394 e. The highest BCUT2D eigenvalue weighted by atomic mass is 16.3. The second-order valence-corrected chi connectivity index (χ2v) is 4.86. The highest BCUT2D eigenvalue weighted by molar-refractivity contribution is 4.80. The van der Waals surface area contributed by atoms with E-state index < -0.39 is 0 Å². The van der Waals surface area contributed by atoms with E-state index in [9.17, 15) is 5.11 Å². The average molecular weight is 230 g/mol. The first-order valence-corrected chi connectivity index (χ1v) is 6.64. The van der Waals surface area contributed by atoms with Crippen molar-refractivity contribution in [3.63, 3.8) is 0 Å². The minimum atomic E-state index is -0.0954. The van der Waals surface area contributed by atoms with Crippen molar-refractivity contribution in [2.24, 2.45) is 0 Å². The van der Waals surface area contributed by atoms with Crippen LogP contribution < -0.4 is 5.32 Å². The maximum atomic E-state index is 9.25. The standard InChI is InChI=1S/C13H30N2O/c1-5-10-15(6-2)11-8-7-9-13(3,12-16)14-4/h14,16H,5-12H2,1-4H3. The molecule has 3 nitrogen and oxygen atoms in total. The second-order valence-electron chi connectivity index (χ2n) is 4.86. The maximum Gasteiger partial charge on any atom is 0.0610 e. The Morgan fingerprint density at radius 3 is 2.31 bits per heavy atom. The zero-order chi connectivity index (χ0) is 12.4. The summed E-state index contributed by atoms with van der Waals surface area (Å²) in [5.41, 5.74) is -0.0954. The quantitative estimate of drug-likeness (QED) is 0.562. The van der Waals surface area contributed by atoms with Gasteiger partial charge in [-0.05, 0) is 52.9 Å². The van der Waals surface area contributed by atoms with E-state index in [1.165, 1.54) is 32.4 Å². The Hall–Kier alpha value is -0.120. The van der Waals surface area contributed by atoms with Gasteiger partial charge in [0.25, 0.3) is 0 Å². The molecule has 0 aliphatic heterocycles. The summed E-state index contributed by atoms with van der Waals surface area (Å²) >= 11 is 0. The molecule has 16 heavy (non-hydrogen) atoms. The van der Waals surface area contributed by atoms with Crippen molar-refractivity contribution >= 4 is 0 Å². The molecule has 0 spiro atoms. The molecule has 2 N–H and O–H groups in total. The van der Waals surface area contributed by atoms with Gasteiger partial charge in [0.1, 0.15) is 0 Å². The third kappa shape index (κ3) is 6.46. The van der Waals surface area contributed by atoms with Crippen LogP contribution in [0.1, 0.15) is 46.5 Å². The van der Waals surface area contributed by atoms with Gasteiger partial charge in [0.15, 0.2) is 0 Å². The predicted molar refractivity (Wildman–Crippen MR) is 70.8 cm³/mol. The molecule has 0 heterocycles. The second kappa shape index (κ2) is 8.97.